The first-order valence-corrected chi connectivity index (χ1v) is 7.01. The minimum atomic E-state index is -0.326. The normalized spacial score (nSPS) is 13.5. The molecule has 0 spiro atoms. The zero-order chi connectivity index (χ0) is 14.5. The molecule has 0 aliphatic heterocycles. The average molecular weight is 265 g/mol. The smallest absolute Gasteiger partial charge is 0.128 e. The molecule has 0 bridgehead atoms. The Morgan fingerprint density at radius 1 is 1.42 bits per heavy atom. The van der Waals surface area contributed by atoms with E-state index in [1.54, 1.807) is 6.20 Å². The first-order valence-electron chi connectivity index (χ1n) is 7.01. The van der Waals surface area contributed by atoms with Crippen LogP contribution in [0.5, 0.6) is 0 Å². The van der Waals surface area contributed by atoms with E-state index >= 15 is 0 Å². The maximum absolute atomic E-state index is 6.05. The van der Waals surface area contributed by atoms with Crippen LogP contribution in [-0.2, 0) is 4.74 Å². The van der Waals surface area contributed by atoms with Crippen LogP contribution in [0.1, 0.15) is 51.3 Å². The number of hydrogen-bond acceptors (Lipinski definition) is 4. The third kappa shape index (κ3) is 4.18. The molecule has 1 aromatic heterocycles. The lowest BCUT2D eigenvalue weighted by Gasteiger charge is -2.35. The SMILES string of the molecule is CCCNC(c1cc(C)cnc1N)C(C)(C)OCC. The molecule has 0 fully saturated rings. The van der Waals surface area contributed by atoms with E-state index in [1.807, 2.05) is 13.8 Å². The standard InChI is InChI=1S/C15H27N3O/c1-6-8-17-13(15(4,5)19-7-2)12-9-11(3)10-18-14(12)16/h9-10,13,17H,6-8H2,1-5H3,(H2,16,18). The number of nitrogen functional groups attached to an aromatic ring is 1. The second kappa shape index (κ2) is 6.87. The Kier molecular flexibility index (Phi) is 5.76. The van der Waals surface area contributed by atoms with Crippen molar-refractivity contribution in [1.82, 2.24) is 10.3 Å². The summed E-state index contributed by atoms with van der Waals surface area (Å²) in [5.41, 5.74) is 7.85. The molecule has 1 atom stereocenters. The van der Waals surface area contributed by atoms with Crippen molar-refractivity contribution in [1.29, 1.82) is 0 Å². The van der Waals surface area contributed by atoms with Gasteiger partial charge in [0.25, 0.3) is 0 Å². The Hall–Kier alpha value is -1.13. The Bertz CT molecular complexity index is 404. The highest BCUT2D eigenvalue weighted by atomic mass is 16.5. The molecule has 108 valence electrons. The first kappa shape index (κ1) is 15.9. The molecule has 0 aromatic carbocycles. The fourth-order valence-corrected chi connectivity index (χ4v) is 2.31. The Morgan fingerprint density at radius 3 is 2.68 bits per heavy atom. The molecule has 1 unspecified atom stereocenters. The van der Waals surface area contributed by atoms with Gasteiger partial charge in [-0.05, 0) is 52.3 Å². The molecular weight excluding hydrogens is 238 g/mol. The van der Waals surface area contributed by atoms with Gasteiger partial charge in [-0.1, -0.05) is 6.92 Å². The van der Waals surface area contributed by atoms with Crippen LogP contribution < -0.4 is 11.1 Å². The Labute approximate surface area is 116 Å². The summed E-state index contributed by atoms with van der Waals surface area (Å²) in [6.07, 6.45) is 2.86. The van der Waals surface area contributed by atoms with Crippen molar-refractivity contribution in [2.75, 3.05) is 18.9 Å². The third-order valence-corrected chi connectivity index (χ3v) is 3.21. The van der Waals surface area contributed by atoms with Crippen LogP contribution in [-0.4, -0.2) is 23.7 Å². The van der Waals surface area contributed by atoms with E-state index in [0.29, 0.717) is 12.4 Å². The summed E-state index contributed by atoms with van der Waals surface area (Å²) in [4.78, 5) is 4.26. The molecule has 19 heavy (non-hydrogen) atoms. The van der Waals surface area contributed by atoms with Gasteiger partial charge in [-0.3, -0.25) is 0 Å². The molecule has 0 saturated heterocycles. The summed E-state index contributed by atoms with van der Waals surface area (Å²) >= 11 is 0. The van der Waals surface area contributed by atoms with Gasteiger partial charge < -0.3 is 15.8 Å². The molecule has 0 aliphatic carbocycles. The highest BCUT2D eigenvalue weighted by Crippen LogP contribution is 2.32. The van der Waals surface area contributed by atoms with Crippen LogP contribution in [0.4, 0.5) is 5.82 Å². The summed E-state index contributed by atoms with van der Waals surface area (Å²) in [6.45, 7) is 12.0. The topological polar surface area (TPSA) is 60.2 Å². The highest BCUT2D eigenvalue weighted by molar-refractivity contribution is 5.44. The summed E-state index contributed by atoms with van der Waals surface area (Å²) in [5.74, 6) is 0.576. The zero-order valence-electron chi connectivity index (χ0n) is 12.8. The summed E-state index contributed by atoms with van der Waals surface area (Å²) in [5, 5.41) is 3.53. The van der Waals surface area contributed by atoms with E-state index in [-0.39, 0.29) is 11.6 Å². The number of rotatable bonds is 7. The maximum Gasteiger partial charge on any atom is 0.128 e. The molecule has 1 heterocycles. The van der Waals surface area contributed by atoms with Crippen LogP contribution in [0, 0.1) is 6.92 Å². The monoisotopic (exact) mass is 265 g/mol. The third-order valence-electron chi connectivity index (χ3n) is 3.21. The largest absolute Gasteiger partial charge is 0.383 e. The number of aryl methyl sites for hydroxylation is 1. The fraction of sp³-hybridized carbons (Fsp3) is 0.667. The van der Waals surface area contributed by atoms with E-state index in [0.717, 1.165) is 24.1 Å². The van der Waals surface area contributed by atoms with Crippen LogP contribution in [0.2, 0.25) is 0 Å². The molecule has 0 aliphatic rings. The van der Waals surface area contributed by atoms with Crippen LogP contribution in [0.3, 0.4) is 0 Å². The van der Waals surface area contributed by atoms with Crippen molar-refractivity contribution < 1.29 is 4.74 Å². The summed E-state index contributed by atoms with van der Waals surface area (Å²) < 4.78 is 5.89. The zero-order valence-corrected chi connectivity index (χ0v) is 12.8. The van der Waals surface area contributed by atoms with Gasteiger partial charge in [0.2, 0.25) is 0 Å². The van der Waals surface area contributed by atoms with Crippen molar-refractivity contribution in [2.45, 2.75) is 52.7 Å². The van der Waals surface area contributed by atoms with Gasteiger partial charge >= 0.3 is 0 Å². The predicted octanol–water partition coefficient (Wildman–Crippen LogP) is 2.83. The van der Waals surface area contributed by atoms with E-state index in [1.165, 1.54) is 0 Å². The van der Waals surface area contributed by atoms with Crippen LogP contribution in [0.25, 0.3) is 0 Å². The van der Waals surface area contributed by atoms with Crippen molar-refractivity contribution in [3.05, 3.63) is 23.4 Å². The second-order valence-corrected chi connectivity index (χ2v) is 5.41. The molecule has 0 radical (unpaired) electrons. The van der Waals surface area contributed by atoms with E-state index < -0.39 is 0 Å². The van der Waals surface area contributed by atoms with Crippen molar-refractivity contribution in [3.63, 3.8) is 0 Å². The Balaban J connectivity index is 3.11. The number of anilines is 1. The Morgan fingerprint density at radius 2 is 2.11 bits per heavy atom. The van der Waals surface area contributed by atoms with E-state index in [4.69, 9.17) is 10.5 Å². The number of pyridine rings is 1. The van der Waals surface area contributed by atoms with Gasteiger partial charge in [-0.25, -0.2) is 4.98 Å². The van der Waals surface area contributed by atoms with Crippen molar-refractivity contribution >= 4 is 5.82 Å². The van der Waals surface area contributed by atoms with Crippen LogP contribution in [0.15, 0.2) is 12.3 Å². The minimum Gasteiger partial charge on any atom is -0.383 e. The fourth-order valence-electron chi connectivity index (χ4n) is 2.31. The van der Waals surface area contributed by atoms with Crippen molar-refractivity contribution in [3.8, 4) is 0 Å². The quantitative estimate of drug-likeness (QED) is 0.796. The van der Waals surface area contributed by atoms with E-state index in [2.05, 4.69) is 37.1 Å². The van der Waals surface area contributed by atoms with Gasteiger partial charge in [0.1, 0.15) is 5.82 Å². The second-order valence-electron chi connectivity index (χ2n) is 5.41. The number of aromatic nitrogens is 1. The molecule has 4 nitrogen and oxygen atoms in total. The predicted molar refractivity (Wildman–Crippen MR) is 80.1 cm³/mol. The molecule has 1 rings (SSSR count). The van der Waals surface area contributed by atoms with E-state index in [9.17, 15) is 0 Å². The lowest BCUT2D eigenvalue weighted by atomic mass is 9.91. The first-order chi connectivity index (χ1) is 8.92. The molecule has 0 amide bonds. The number of nitrogens with two attached hydrogens (primary N) is 1. The minimum absolute atomic E-state index is 0.0415. The van der Waals surface area contributed by atoms with Gasteiger partial charge in [-0.15, -0.1) is 0 Å². The number of nitrogens with zero attached hydrogens (tertiary/aromatic N) is 1. The lowest BCUT2D eigenvalue weighted by molar-refractivity contribution is -0.0390. The van der Waals surface area contributed by atoms with Gasteiger partial charge in [-0.2, -0.15) is 0 Å². The van der Waals surface area contributed by atoms with Crippen LogP contribution >= 0.6 is 0 Å². The lowest BCUT2D eigenvalue weighted by Crippen LogP contribution is -2.42. The summed E-state index contributed by atoms with van der Waals surface area (Å²) in [7, 11) is 0. The number of nitrogens with one attached hydrogen (secondary N) is 1. The number of ether oxygens (including phenoxy) is 1. The molecule has 1 aromatic rings. The average Bonchev–Trinajstić information content (AvgIpc) is 2.33. The van der Waals surface area contributed by atoms with Gasteiger partial charge in [0.15, 0.2) is 0 Å². The van der Waals surface area contributed by atoms with Gasteiger partial charge in [0.05, 0.1) is 11.6 Å². The summed E-state index contributed by atoms with van der Waals surface area (Å²) in [6, 6.07) is 2.14. The number of hydrogen-bond donors (Lipinski definition) is 2. The van der Waals surface area contributed by atoms with Crippen molar-refractivity contribution in [2.24, 2.45) is 0 Å². The molecular formula is C15H27N3O. The van der Waals surface area contributed by atoms with Gasteiger partial charge in [0, 0.05) is 18.4 Å². The highest BCUT2D eigenvalue weighted by Gasteiger charge is 2.32. The maximum atomic E-state index is 6.05. The molecule has 0 saturated carbocycles. The molecule has 4 heteroatoms. The molecule has 3 N–H and O–H groups in total.